The molecule has 0 spiro atoms. The first kappa shape index (κ1) is 28.8. The molecule has 3 aromatic rings. The van der Waals surface area contributed by atoms with E-state index in [9.17, 15) is 22.2 Å². The molecule has 0 amide bonds. The molecule has 37 heavy (non-hydrogen) atoms. The first-order valence-corrected chi connectivity index (χ1v) is 13.7. The largest absolute Gasteiger partial charge is 0.373 e. The van der Waals surface area contributed by atoms with Gasteiger partial charge in [0.1, 0.15) is 23.6 Å². The zero-order valence-corrected chi connectivity index (χ0v) is 22.6. The van der Waals surface area contributed by atoms with E-state index < -0.39 is 34.2 Å². The molecule has 1 fully saturated rings. The highest BCUT2D eigenvalue weighted by Crippen LogP contribution is 2.37. The fourth-order valence-electron chi connectivity index (χ4n) is 4.72. The van der Waals surface area contributed by atoms with Crippen LogP contribution in [0.4, 0.5) is 19.0 Å². The van der Waals surface area contributed by atoms with Crippen molar-refractivity contribution in [2.45, 2.75) is 51.7 Å². The van der Waals surface area contributed by atoms with E-state index in [0.717, 1.165) is 6.07 Å². The van der Waals surface area contributed by atoms with Crippen LogP contribution < -0.4 is 10.5 Å². The molecule has 2 unspecified atom stereocenters. The fourth-order valence-corrected chi connectivity index (χ4v) is 5.94. The van der Waals surface area contributed by atoms with Gasteiger partial charge in [-0.05, 0) is 25.3 Å². The standard InChI is InChI=1S/C24H27F3N4O3S.C2H6/c1-30(13-15-6-4-7-16(19(15)25)20(26)27)21-17-12-18(23(32)31(2)22(17)29-14-28-21)24(34-3)8-5-10-35(33)11-9-24;1-2/h4,6-7,12,14,20H,5,8-11,13H2,1-3H3;1-2H3. The summed E-state index contributed by atoms with van der Waals surface area (Å²) in [5.41, 5.74) is -0.929. The smallest absolute Gasteiger partial charge is 0.266 e. The first-order chi connectivity index (χ1) is 17.7. The average molecular weight is 539 g/mol. The number of hydrogen-bond donors (Lipinski definition) is 0. The lowest BCUT2D eigenvalue weighted by Crippen LogP contribution is -2.37. The van der Waals surface area contributed by atoms with Gasteiger partial charge in [0.2, 0.25) is 0 Å². The van der Waals surface area contributed by atoms with E-state index in [2.05, 4.69) is 9.97 Å². The fraction of sp³-hybridized carbons (Fsp3) is 0.500. The van der Waals surface area contributed by atoms with Crippen molar-refractivity contribution in [3.8, 4) is 0 Å². The van der Waals surface area contributed by atoms with Crippen molar-refractivity contribution >= 4 is 27.7 Å². The highest BCUT2D eigenvalue weighted by Gasteiger charge is 2.37. The zero-order valence-electron chi connectivity index (χ0n) is 21.8. The number of rotatable bonds is 6. The second-order valence-corrected chi connectivity index (χ2v) is 10.4. The maximum atomic E-state index is 14.7. The Hall–Kier alpha value is -2.79. The molecule has 4 rings (SSSR count). The number of anilines is 1. The molecule has 2 aromatic heterocycles. The molecule has 1 saturated heterocycles. The number of aryl methyl sites for hydroxylation is 1. The number of aromatic nitrogens is 3. The SMILES string of the molecule is CC.COC1(c2cc3c(N(C)Cc4cccc(C(F)F)c4F)ncnc3n(C)c2=O)CCCS(=O)CC1. The van der Waals surface area contributed by atoms with Crippen LogP contribution in [0.15, 0.2) is 35.4 Å². The number of fused-ring (bicyclic) bond motifs is 1. The second kappa shape index (κ2) is 12.2. The Bertz CT molecular complexity index is 1330. The van der Waals surface area contributed by atoms with E-state index in [0.29, 0.717) is 53.2 Å². The van der Waals surface area contributed by atoms with Crippen LogP contribution in [-0.4, -0.2) is 44.4 Å². The Morgan fingerprint density at radius 3 is 2.62 bits per heavy atom. The van der Waals surface area contributed by atoms with Gasteiger partial charge >= 0.3 is 0 Å². The lowest BCUT2D eigenvalue weighted by Gasteiger charge is -2.31. The van der Waals surface area contributed by atoms with Gasteiger partial charge in [0, 0.05) is 55.6 Å². The Morgan fingerprint density at radius 1 is 1.22 bits per heavy atom. The highest BCUT2D eigenvalue weighted by atomic mass is 32.2. The van der Waals surface area contributed by atoms with E-state index in [1.807, 2.05) is 13.8 Å². The summed E-state index contributed by atoms with van der Waals surface area (Å²) in [7, 11) is 3.85. The summed E-state index contributed by atoms with van der Waals surface area (Å²) in [4.78, 5) is 23.6. The molecule has 0 N–H and O–H groups in total. The number of methoxy groups -OCH3 is 1. The molecule has 2 atom stereocenters. The molecule has 11 heteroatoms. The van der Waals surface area contributed by atoms with E-state index in [1.54, 1.807) is 32.2 Å². The Morgan fingerprint density at radius 2 is 1.95 bits per heavy atom. The van der Waals surface area contributed by atoms with Crippen molar-refractivity contribution < 1.29 is 22.1 Å². The Labute approximate surface area is 217 Å². The number of halogens is 3. The van der Waals surface area contributed by atoms with Gasteiger partial charge in [0.15, 0.2) is 0 Å². The molecular formula is C26H33F3N4O3S. The van der Waals surface area contributed by atoms with Crippen LogP contribution in [0, 0.1) is 5.82 Å². The molecule has 0 radical (unpaired) electrons. The van der Waals surface area contributed by atoms with Crippen molar-refractivity contribution in [3.63, 3.8) is 0 Å². The third kappa shape index (κ3) is 5.72. The monoisotopic (exact) mass is 538 g/mol. The summed E-state index contributed by atoms with van der Waals surface area (Å²) in [6.45, 7) is 3.98. The number of benzene rings is 1. The minimum Gasteiger partial charge on any atom is -0.373 e. The quantitative estimate of drug-likeness (QED) is 0.447. The third-order valence-electron chi connectivity index (χ3n) is 6.66. The predicted molar refractivity (Wildman–Crippen MR) is 140 cm³/mol. The van der Waals surface area contributed by atoms with Crippen molar-refractivity contribution in [1.29, 1.82) is 0 Å². The number of nitrogens with zero attached hydrogens (tertiary/aromatic N) is 4. The summed E-state index contributed by atoms with van der Waals surface area (Å²) < 4.78 is 60.5. The number of ether oxygens (including phenoxy) is 1. The van der Waals surface area contributed by atoms with E-state index >= 15 is 0 Å². The van der Waals surface area contributed by atoms with Crippen LogP contribution in [-0.2, 0) is 34.7 Å². The van der Waals surface area contributed by atoms with Crippen LogP contribution in [0.5, 0.6) is 0 Å². The minimum absolute atomic E-state index is 0.0227. The number of pyridine rings is 1. The third-order valence-corrected chi connectivity index (χ3v) is 8.07. The molecule has 0 aliphatic carbocycles. The highest BCUT2D eigenvalue weighted by molar-refractivity contribution is 7.84. The van der Waals surface area contributed by atoms with Crippen LogP contribution >= 0.6 is 0 Å². The van der Waals surface area contributed by atoms with Crippen molar-refractivity contribution in [2.24, 2.45) is 7.05 Å². The van der Waals surface area contributed by atoms with Gasteiger partial charge in [0.05, 0.1) is 22.1 Å². The normalized spacial score (nSPS) is 19.9. The maximum Gasteiger partial charge on any atom is 0.266 e. The van der Waals surface area contributed by atoms with E-state index in [1.165, 1.54) is 23.0 Å². The summed E-state index contributed by atoms with van der Waals surface area (Å²) >= 11 is 0. The molecule has 1 aliphatic heterocycles. The van der Waals surface area contributed by atoms with Gasteiger partial charge in [0.25, 0.3) is 12.0 Å². The topological polar surface area (TPSA) is 77.3 Å². The molecule has 0 bridgehead atoms. The van der Waals surface area contributed by atoms with Gasteiger partial charge in [-0.2, -0.15) is 0 Å². The maximum absolute atomic E-state index is 14.7. The van der Waals surface area contributed by atoms with Crippen LogP contribution in [0.2, 0.25) is 0 Å². The molecule has 7 nitrogen and oxygen atoms in total. The lowest BCUT2D eigenvalue weighted by atomic mass is 9.86. The molecule has 1 aliphatic rings. The van der Waals surface area contributed by atoms with Crippen molar-refractivity contribution in [1.82, 2.24) is 14.5 Å². The van der Waals surface area contributed by atoms with Gasteiger partial charge < -0.3 is 9.64 Å². The van der Waals surface area contributed by atoms with Crippen LogP contribution in [0.3, 0.4) is 0 Å². The van der Waals surface area contributed by atoms with E-state index in [4.69, 9.17) is 4.74 Å². The average Bonchev–Trinajstić information content (AvgIpc) is 3.09. The van der Waals surface area contributed by atoms with Crippen LogP contribution in [0.1, 0.15) is 56.2 Å². The number of hydrogen-bond acceptors (Lipinski definition) is 6. The summed E-state index contributed by atoms with van der Waals surface area (Å²) in [5.74, 6) is 0.439. The molecular weight excluding hydrogens is 505 g/mol. The summed E-state index contributed by atoms with van der Waals surface area (Å²) in [5, 5.41) is 0.541. The van der Waals surface area contributed by atoms with E-state index in [-0.39, 0.29) is 17.7 Å². The van der Waals surface area contributed by atoms with Crippen molar-refractivity contribution in [3.05, 3.63) is 63.5 Å². The zero-order chi connectivity index (χ0) is 27.3. The Kier molecular flexibility index (Phi) is 9.46. The molecule has 202 valence electrons. The van der Waals surface area contributed by atoms with Crippen molar-refractivity contribution in [2.75, 3.05) is 30.6 Å². The predicted octanol–water partition coefficient (Wildman–Crippen LogP) is 4.84. The Balaban J connectivity index is 0.00000186. The van der Waals surface area contributed by atoms with Crippen LogP contribution in [0.25, 0.3) is 11.0 Å². The number of alkyl halides is 2. The lowest BCUT2D eigenvalue weighted by molar-refractivity contribution is -0.0252. The molecule has 0 saturated carbocycles. The van der Waals surface area contributed by atoms with Gasteiger partial charge in [-0.3, -0.25) is 13.6 Å². The first-order valence-electron chi connectivity index (χ1n) is 12.2. The summed E-state index contributed by atoms with van der Waals surface area (Å²) in [6, 6.07) is 5.61. The summed E-state index contributed by atoms with van der Waals surface area (Å²) in [6.07, 6.45) is 0.0119. The van der Waals surface area contributed by atoms with Gasteiger partial charge in [-0.25, -0.2) is 23.1 Å². The van der Waals surface area contributed by atoms with Gasteiger partial charge in [-0.1, -0.05) is 32.0 Å². The molecule has 3 heterocycles. The molecule has 1 aromatic carbocycles. The van der Waals surface area contributed by atoms with Gasteiger partial charge in [-0.15, -0.1) is 0 Å². The minimum atomic E-state index is -2.92. The second-order valence-electron chi connectivity index (χ2n) is 8.73.